The maximum Gasteiger partial charge on any atom is 0.193 e. The number of ketones is 1. The summed E-state index contributed by atoms with van der Waals surface area (Å²) >= 11 is 0. The lowest BCUT2D eigenvalue weighted by Gasteiger charge is -2.08. The summed E-state index contributed by atoms with van der Waals surface area (Å²) < 4.78 is 0. The highest BCUT2D eigenvalue weighted by Gasteiger charge is 2.13. The highest BCUT2D eigenvalue weighted by molar-refractivity contribution is 6.10. The predicted molar refractivity (Wildman–Crippen MR) is 68.2 cm³/mol. The number of carbonyl (C=O) groups is 1. The molecule has 2 rings (SSSR count). The molecule has 0 radical (unpaired) electrons. The molecule has 18 heavy (non-hydrogen) atoms. The van der Waals surface area contributed by atoms with Gasteiger partial charge >= 0.3 is 0 Å². The van der Waals surface area contributed by atoms with Crippen molar-refractivity contribution in [2.45, 2.75) is 13.2 Å². The van der Waals surface area contributed by atoms with E-state index >= 15 is 0 Å². The third kappa shape index (κ3) is 2.47. The topological polar surface area (TPSA) is 57.5 Å². The lowest BCUT2D eigenvalue weighted by molar-refractivity contribution is 0.103. The van der Waals surface area contributed by atoms with Crippen molar-refractivity contribution < 1.29 is 15.0 Å². The zero-order chi connectivity index (χ0) is 13.0. The zero-order valence-electron chi connectivity index (χ0n) is 9.84. The van der Waals surface area contributed by atoms with E-state index in [1.54, 1.807) is 42.5 Å². The van der Waals surface area contributed by atoms with Crippen LogP contribution in [0.3, 0.4) is 0 Å². The monoisotopic (exact) mass is 242 g/mol. The normalized spacial score (nSPS) is 10.3. The molecule has 0 saturated carbocycles. The summed E-state index contributed by atoms with van der Waals surface area (Å²) in [6, 6.07) is 13.9. The molecule has 2 aromatic carbocycles. The van der Waals surface area contributed by atoms with Gasteiger partial charge in [0, 0.05) is 11.1 Å². The van der Waals surface area contributed by atoms with Gasteiger partial charge in [-0.3, -0.25) is 4.79 Å². The van der Waals surface area contributed by atoms with E-state index in [1.165, 1.54) is 0 Å². The Morgan fingerprint density at radius 1 is 0.944 bits per heavy atom. The van der Waals surface area contributed by atoms with Gasteiger partial charge in [-0.15, -0.1) is 0 Å². The molecule has 0 atom stereocenters. The van der Waals surface area contributed by atoms with E-state index in [0.29, 0.717) is 22.3 Å². The second kappa shape index (κ2) is 5.58. The molecule has 0 aromatic heterocycles. The van der Waals surface area contributed by atoms with Gasteiger partial charge in [0.05, 0.1) is 13.2 Å². The van der Waals surface area contributed by atoms with Crippen LogP contribution in [0.15, 0.2) is 48.5 Å². The van der Waals surface area contributed by atoms with Crippen LogP contribution in [0.5, 0.6) is 0 Å². The summed E-state index contributed by atoms with van der Waals surface area (Å²) in [7, 11) is 0. The van der Waals surface area contributed by atoms with Gasteiger partial charge in [0.2, 0.25) is 0 Å². The van der Waals surface area contributed by atoms with Crippen molar-refractivity contribution in [3.05, 3.63) is 70.8 Å². The van der Waals surface area contributed by atoms with Gasteiger partial charge < -0.3 is 10.2 Å². The van der Waals surface area contributed by atoms with Crippen molar-refractivity contribution in [2.24, 2.45) is 0 Å². The Morgan fingerprint density at radius 3 is 2.28 bits per heavy atom. The molecule has 3 heteroatoms. The number of rotatable bonds is 4. The van der Waals surface area contributed by atoms with Crippen LogP contribution in [0, 0.1) is 0 Å². The van der Waals surface area contributed by atoms with Gasteiger partial charge in [0.1, 0.15) is 0 Å². The van der Waals surface area contributed by atoms with Gasteiger partial charge in [0.15, 0.2) is 5.78 Å². The fraction of sp³-hybridized carbons (Fsp3) is 0.133. The van der Waals surface area contributed by atoms with Crippen LogP contribution in [0.1, 0.15) is 27.0 Å². The first-order valence-corrected chi connectivity index (χ1v) is 5.69. The number of benzene rings is 2. The first kappa shape index (κ1) is 12.5. The number of carbonyl (C=O) groups excluding carboxylic acids is 1. The van der Waals surface area contributed by atoms with Crippen molar-refractivity contribution in [3.63, 3.8) is 0 Å². The fourth-order valence-corrected chi connectivity index (χ4v) is 1.82. The van der Waals surface area contributed by atoms with Crippen LogP contribution < -0.4 is 0 Å². The van der Waals surface area contributed by atoms with Crippen LogP contribution >= 0.6 is 0 Å². The van der Waals surface area contributed by atoms with Crippen molar-refractivity contribution in [1.82, 2.24) is 0 Å². The molecule has 0 spiro atoms. The molecule has 0 aliphatic carbocycles. The standard InChI is InChI=1S/C15H14O3/c16-9-11-6-7-13(10-17)14(8-11)15(18)12-4-2-1-3-5-12/h1-8,16-17H,9-10H2. The average Bonchev–Trinajstić information content (AvgIpc) is 2.46. The van der Waals surface area contributed by atoms with Crippen LogP contribution in [0.2, 0.25) is 0 Å². The second-order valence-corrected chi connectivity index (χ2v) is 4.00. The Morgan fingerprint density at radius 2 is 1.67 bits per heavy atom. The third-order valence-electron chi connectivity index (χ3n) is 2.81. The maximum absolute atomic E-state index is 12.3. The van der Waals surface area contributed by atoms with Crippen LogP contribution in [-0.2, 0) is 13.2 Å². The number of hydrogen-bond acceptors (Lipinski definition) is 3. The van der Waals surface area contributed by atoms with Crippen molar-refractivity contribution in [3.8, 4) is 0 Å². The predicted octanol–water partition coefficient (Wildman–Crippen LogP) is 1.90. The van der Waals surface area contributed by atoms with Gasteiger partial charge in [0.25, 0.3) is 0 Å². The number of aliphatic hydroxyl groups is 2. The molecule has 0 aliphatic heterocycles. The highest BCUT2D eigenvalue weighted by atomic mass is 16.3. The van der Waals surface area contributed by atoms with Crippen molar-refractivity contribution in [2.75, 3.05) is 0 Å². The second-order valence-electron chi connectivity index (χ2n) is 4.00. The van der Waals surface area contributed by atoms with Crippen molar-refractivity contribution >= 4 is 5.78 Å². The highest BCUT2D eigenvalue weighted by Crippen LogP contribution is 2.17. The van der Waals surface area contributed by atoms with Gasteiger partial charge in [-0.2, -0.15) is 0 Å². The summed E-state index contributed by atoms with van der Waals surface area (Å²) in [5.41, 5.74) is 2.24. The van der Waals surface area contributed by atoms with Crippen LogP contribution in [-0.4, -0.2) is 16.0 Å². The van der Waals surface area contributed by atoms with E-state index in [1.807, 2.05) is 6.07 Å². The van der Waals surface area contributed by atoms with Crippen LogP contribution in [0.4, 0.5) is 0 Å². The Balaban J connectivity index is 2.46. The molecule has 0 unspecified atom stereocenters. The average molecular weight is 242 g/mol. The molecule has 2 aromatic rings. The van der Waals surface area contributed by atoms with Gasteiger partial charge in [-0.1, -0.05) is 42.5 Å². The molecule has 0 aliphatic rings. The summed E-state index contributed by atoms with van der Waals surface area (Å²) in [4.78, 5) is 12.3. The van der Waals surface area contributed by atoms with Crippen LogP contribution in [0.25, 0.3) is 0 Å². The molecule has 2 N–H and O–H groups in total. The molecule has 0 bridgehead atoms. The Labute approximate surface area is 105 Å². The van der Waals surface area contributed by atoms with E-state index in [-0.39, 0.29) is 19.0 Å². The summed E-state index contributed by atoms with van der Waals surface area (Å²) in [5.74, 6) is -0.144. The molecule has 0 saturated heterocycles. The molecule has 3 nitrogen and oxygen atoms in total. The molecule has 0 heterocycles. The lowest BCUT2D eigenvalue weighted by Crippen LogP contribution is -2.06. The first-order chi connectivity index (χ1) is 8.76. The Kier molecular flexibility index (Phi) is 3.87. The van der Waals surface area contributed by atoms with E-state index in [2.05, 4.69) is 0 Å². The minimum absolute atomic E-state index is 0.124. The molecule has 92 valence electrons. The van der Waals surface area contributed by atoms with Crippen molar-refractivity contribution in [1.29, 1.82) is 0 Å². The minimum Gasteiger partial charge on any atom is -0.392 e. The summed E-state index contributed by atoms with van der Waals surface area (Å²) in [6.07, 6.45) is 0. The molecule has 0 amide bonds. The fourth-order valence-electron chi connectivity index (χ4n) is 1.82. The van der Waals surface area contributed by atoms with E-state index in [4.69, 9.17) is 5.11 Å². The maximum atomic E-state index is 12.3. The minimum atomic E-state index is -0.195. The molecular weight excluding hydrogens is 228 g/mol. The zero-order valence-corrected chi connectivity index (χ0v) is 9.84. The smallest absolute Gasteiger partial charge is 0.193 e. The molecule has 0 fully saturated rings. The first-order valence-electron chi connectivity index (χ1n) is 5.69. The lowest BCUT2D eigenvalue weighted by atomic mass is 9.97. The largest absolute Gasteiger partial charge is 0.392 e. The van der Waals surface area contributed by atoms with E-state index < -0.39 is 0 Å². The number of hydrogen-bond donors (Lipinski definition) is 2. The van der Waals surface area contributed by atoms with Gasteiger partial charge in [-0.25, -0.2) is 0 Å². The quantitative estimate of drug-likeness (QED) is 0.805. The van der Waals surface area contributed by atoms with E-state index in [9.17, 15) is 9.90 Å². The Hall–Kier alpha value is -1.97. The summed E-state index contributed by atoms with van der Waals surface area (Å²) in [5, 5.41) is 18.4. The number of aliphatic hydroxyl groups excluding tert-OH is 2. The Bertz CT molecular complexity index is 547. The van der Waals surface area contributed by atoms with E-state index in [0.717, 1.165) is 0 Å². The summed E-state index contributed by atoms with van der Waals surface area (Å²) in [6.45, 7) is -0.319. The SMILES string of the molecule is O=C(c1ccccc1)c1cc(CO)ccc1CO. The van der Waals surface area contributed by atoms with Gasteiger partial charge in [-0.05, 0) is 17.2 Å². The third-order valence-corrected chi connectivity index (χ3v) is 2.81. The molecular formula is C15H14O3.